The normalized spacial score (nSPS) is 36.6. The summed E-state index contributed by atoms with van der Waals surface area (Å²) < 4.78 is 40.4. The van der Waals surface area contributed by atoms with Gasteiger partial charge in [0.2, 0.25) is 0 Å². The van der Waals surface area contributed by atoms with Crippen molar-refractivity contribution in [1.82, 2.24) is 4.72 Å². The highest BCUT2D eigenvalue weighted by atomic mass is 32.2. The van der Waals surface area contributed by atoms with Crippen LogP contribution in [-0.2, 0) is 11.0 Å². The Bertz CT molecular complexity index is 399. The van der Waals surface area contributed by atoms with Crippen molar-refractivity contribution in [2.24, 2.45) is 17.8 Å². The molecule has 0 aromatic carbocycles. The Hall–Kier alpha value is -0.540. The second-order valence-corrected chi connectivity index (χ2v) is 8.22. The summed E-state index contributed by atoms with van der Waals surface area (Å²) >= 11 is 0. The predicted octanol–water partition coefficient (Wildman–Crippen LogP) is 2.22. The van der Waals surface area contributed by atoms with E-state index >= 15 is 0 Å². The standard InChI is InChI=1S/C12H18F2N2OS/c1-11(2,3)18(17)16-10(6-15)7-4-8-9(5-7)12(8,13)14/h7-10,16H,4-5H2,1-3H3/t7?,8-,9+,10-,18?/m1/s1. The molecule has 0 heterocycles. The molecule has 2 unspecified atom stereocenters. The van der Waals surface area contributed by atoms with Crippen molar-refractivity contribution in [3.8, 4) is 6.07 Å². The van der Waals surface area contributed by atoms with E-state index in [2.05, 4.69) is 10.8 Å². The second kappa shape index (κ2) is 4.24. The number of nitrogens with zero attached hydrogens (tertiary/aromatic N) is 1. The Labute approximate surface area is 109 Å². The fraction of sp³-hybridized carbons (Fsp3) is 0.917. The zero-order valence-electron chi connectivity index (χ0n) is 10.7. The Kier molecular flexibility index (Phi) is 3.27. The average Bonchev–Trinajstić information content (AvgIpc) is 2.68. The molecule has 0 spiro atoms. The van der Waals surface area contributed by atoms with Gasteiger partial charge in [-0.1, -0.05) is 0 Å². The van der Waals surface area contributed by atoms with Gasteiger partial charge in [-0.15, -0.1) is 0 Å². The van der Waals surface area contributed by atoms with Gasteiger partial charge in [-0.25, -0.2) is 17.7 Å². The second-order valence-electron chi connectivity index (χ2n) is 6.22. The topological polar surface area (TPSA) is 52.9 Å². The van der Waals surface area contributed by atoms with E-state index in [-0.39, 0.29) is 5.92 Å². The van der Waals surface area contributed by atoms with E-state index in [1.807, 2.05) is 20.8 Å². The molecule has 0 amide bonds. The number of rotatable bonds is 3. The van der Waals surface area contributed by atoms with Crippen LogP contribution in [0, 0.1) is 29.1 Å². The highest BCUT2D eigenvalue weighted by Crippen LogP contribution is 2.66. The van der Waals surface area contributed by atoms with E-state index in [9.17, 15) is 13.0 Å². The van der Waals surface area contributed by atoms with Crippen LogP contribution in [-0.4, -0.2) is 20.9 Å². The molecule has 2 fully saturated rings. The van der Waals surface area contributed by atoms with Crippen molar-refractivity contribution < 1.29 is 13.0 Å². The van der Waals surface area contributed by atoms with Crippen molar-refractivity contribution in [2.45, 2.75) is 50.3 Å². The lowest BCUT2D eigenvalue weighted by Crippen LogP contribution is -2.42. The van der Waals surface area contributed by atoms with Gasteiger partial charge in [0.15, 0.2) is 0 Å². The van der Waals surface area contributed by atoms with Gasteiger partial charge in [0.05, 0.1) is 21.8 Å². The summed E-state index contributed by atoms with van der Waals surface area (Å²) in [6.45, 7) is 5.43. The number of halogens is 2. The fourth-order valence-electron chi connectivity index (χ4n) is 2.64. The minimum absolute atomic E-state index is 0.101. The lowest BCUT2D eigenvalue weighted by Gasteiger charge is -2.25. The number of fused-ring (bicyclic) bond motifs is 1. The van der Waals surface area contributed by atoms with Crippen LogP contribution in [0.3, 0.4) is 0 Å². The van der Waals surface area contributed by atoms with Gasteiger partial charge in [0.25, 0.3) is 5.92 Å². The molecule has 0 aromatic rings. The van der Waals surface area contributed by atoms with Crippen LogP contribution >= 0.6 is 0 Å². The molecular formula is C12H18F2N2OS. The highest BCUT2D eigenvalue weighted by Gasteiger charge is 2.72. The monoisotopic (exact) mass is 276 g/mol. The third-order valence-corrected chi connectivity index (χ3v) is 5.46. The van der Waals surface area contributed by atoms with Crippen LogP contribution in [0.2, 0.25) is 0 Å². The first-order valence-electron chi connectivity index (χ1n) is 6.13. The summed E-state index contributed by atoms with van der Waals surface area (Å²) in [5, 5.41) is 9.10. The first-order chi connectivity index (χ1) is 8.17. The van der Waals surface area contributed by atoms with E-state index in [1.165, 1.54) is 0 Å². The molecule has 18 heavy (non-hydrogen) atoms. The summed E-state index contributed by atoms with van der Waals surface area (Å²) in [7, 11) is -1.34. The Morgan fingerprint density at radius 1 is 1.39 bits per heavy atom. The summed E-state index contributed by atoms with van der Waals surface area (Å²) in [5.74, 6) is -3.72. The third kappa shape index (κ3) is 2.30. The number of nitriles is 1. The molecule has 6 heteroatoms. The smallest absolute Gasteiger partial charge is 0.242 e. The molecule has 2 aliphatic rings. The molecule has 1 N–H and O–H groups in total. The first kappa shape index (κ1) is 13.9. The van der Waals surface area contributed by atoms with Crippen molar-refractivity contribution in [1.29, 1.82) is 5.26 Å². The fourth-order valence-corrected chi connectivity index (χ4v) is 3.47. The molecule has 0 aromatic heterocycles. The quantitative estimate of drug-likeness (QED) is 0.859. The van der Waals surface area contributed by atoms with Crippen LogP contribution < -0.4 is 4.72 Å². The molecule has 102 valence electrons. The van der Waals surface area contributed by atoms with Gasteiger partial charge in [-0.05, 0) is 39.5 Å². The predicted molar refractivity (Wildman–Crippen MR) is 65.1 cm³/mol. The number of nitrogens with one attached hydrogen (secondary N) is 1. The lowest BCUT2D eigenvalue weighted by molar-refractivity contribution is 0.0624. The van der Waals surface area contributed by atoms with E-state index in [1.54, 1.807) is 0 Å². The molecule has 2 rings (SSSR count). The van der Waals surface area contributed by atoms with Crippen molar-refractivity contribution >= 4 is 11.0 Å². The molecule has 0 radical (unpaired) electrons. The van der Waals surface area contributed by atoms with Crippen LogP contribution in [0.25, 0.3) is 0 Å². The highest BCUT2D eigenvalue weighted by molar-refractivity contribution is 7.84. The van der Waals surface area contributed by atoms with Gasteiger partial charge in [-0.2, -0.15) is 5.26 Å². The number of alkyl halides is 2. The van der Waals surface area contributed by atoms with Crippen LogP contribution in [0.1, 0.15) is 33.6 Å². The Balaban J connectivity index is 1.93. The number of hydrogen-bond acceptors (Lipinski definition) is 2. The first-order valence-corrected chi connectivity index (χ1v) is 7.28. The summed E-state index contributed by atoms with van der Waals surface area (Å²) in [6.07, 6.45) is 0.731. The van der Waals surface area contributed by atoms with Gasteiger partial charge >= 0.3 is 0 Å². The van der Waals surface area contributed by atoms with Crippen molar-refractivity contribution in [3.63, 3.8) is 0 Å². The molecule has 2 aliphatic carbocycles. The number of hydrogen-bond donors (Lipinski definition) is 1. The maximum atomic E-state index is 13.1. The molecule has 3 nitrogen and oxygen atoms in total. The van der Waals surface area contributed by atoms with Gasteiger partial charge in [-0.3, -0.25) is 0 Å². The molecular weight excluding hydrogens is 258 g/mol. The van der Waals surface area contributed by atoms with E-state index in [4.69, 9.17) is 5.26 Å². The van der Waals surface area contributed by atoms with Gasteiger partial charge in [0.1, 0.15) is 6.04 Å². The van der Waals surface area contributed by atoms with Crippen LogP contribution in [0.15, 0.2) is 0 Å². The molecule has 5 atom stereocenters. The van der Waals surface area contributed by atoms with Crippen molar-refractivity contribution in [3.05, 3.63) is 0 Å². The Morgan fingerprint density at radius 3 is 2.28 bits per heavy atom. The Morgan fingerprint density at radius 2 is 1.89 bits per heavy atom. The van der Waals surface area contributed by atoms with Gasteiger partial charge < -0.3 is 0 Å². The van der Waals surface area contributed by atoms with Crippen LogP contribution in [0.4, 0.5) is 8.78 Å². The third-order valence-electron chi connectivity index (χ3n) is 3.88. The molecule has 0 aliphatic heterocycles. The SMILES string of the molecule is CC(C)(C)S(=O)N[C@H](C#N)C1C[C@@H]2[C@H](C1)C2(F)F. The van der Waals surface area contributed by atoms with E-state index in [0.717, 1.165) is 0 Å². The minimum atomic E-state index is -2.51. The maximum absolute atomic E-state index is 13.1. The zero-order valence-corrected chi connectivity index (χ0v) is 11.6. The average molecular weight is 276 g/mol. The summed E-state index contributed by atoms with van der Waals surface area (Å²) in [5.41, 5.74) is 0. The molecule has 0 saturated heterocycles. The van der Waals surface area contributed by atoms with Crippen molar-refractivity contribution in [2.75, 3.05) is 0 Å². The summed E-state index contributed by atoms with van der Waals surface area (Å²) in [4.78, 5) is 0. The van der Waals surface area contributed by atoms with E-state index < -0.39 is 39.5 Å². The molecule has 0 bridgehead atoms. The largest absolute Gasteiger partial charge is 0.254 e. The summed E-state index contributed by atoms with van der Waals surface area (Å²) in [6, 6.07) is 1.48. The lowest BCUT2D eigenvalue weighted by atomic mass is 9.95. The maximum Gasteiger partial charge on any atom is 0.254 e. The van der Waals surface area contributed by atoms with Crippen LogP contribution in [0.5, 0.6) is 0 Å². The zero-order chi connectivity index (χ0) is 13.7. The molecule has 2 saturated carbocycles. The van der Waals surface area contributed by atoms with E-state index in [0.29, 0.717) is 12.8 Å². The minimum Gasteiger partial charge on any atom is -0.242 e. The van der Waals surface area contributed by atoms with Gasteiger partial charge in [0, 0.05) is 11.8 Å².